The highest BCUT2D eigenvalue weighted by atomic mass is 15.5. The van der Waals surface area contributed by atoms with Gasteiger partial charge in [0.1, 0.15) is 6.33 Å². The quantitative estimate of drug-likeness (QED) is 0.868. The number of rotatable bonds is 3. The second-order valence-electron chi connectivity index (χ2n) is 5.06. The molecule has 3 rings (SSSR count). The summed E-state index contributed by atoms with van der Waals surface area (Å²) in [6.07, 6.45) is 6.11. The van der Waals surface area contributed by atoms with E-state index in [1.165, 1.54) is 0 Å². The predicted molar refractivity (Wildman–Crippen MR) is 73.0 cm³/mol. The van der Waals surface area contributed by atoms with Crippen molar-refractivity contribution in [1.29, 1.82) is 0 Å². The van der Waals surface area contributed by atoms with Crippen molar-refractivity contribution in [2.24, 2.45) is 5.73 Å². The van der Waals surface area contributed by atoms with Crippen LogP contribution in [0.4, 0.5) is 5.69 Å². The van der Waals surface area contributed by atoms with E-state index in [0.29, 0.717) is 12.1 Å². The van der Waals surface area contributed by atoms with Crippen LogP contribution in [0.2, 0.25) is 0 Å². The van der Waals surface area contributed by atoms with Crippen molar-refractivity contribution in [2.75, 3.05) is 5.32 Å². The number of benzene rings is 1. The standard InChI is InChI=1S/C13H18N6/c14-10-1-3-11(4-2-10)16-12-5-7-13(8-6-12)19-9-15-17-18-19/h5-11,16H,1-4,14H2. The van der Waals surface area contributed by atoms with Gasteiger partial charge in [0, 0.05) is 17.8 Å². The average Bonchev–Trinajstić information content (AvgIpc) is 2.96. The summed E-state index contributed by atoms with van der Waals surface area (Å²) in [6, 6.07) is 9.07. The maximum Gasteiger partial charge on any atom is 0.143 e. The van der Waals surface area contributed by atoms with E-state index in [4.69, 9.17) is 5.73 Å². The van der Waals surface area contributed by atoms with Crippen LogP contribution < -0.4 is 11.1 Å². The summed E-state index contributed by atoms with van der Waals surface area (Å²) in [5.41, 5.74) is 8.01. The van der Waals surface area contributed by atoms with Crippen molar-refractivity contribution >= 4 is 5.69 Å². The Hall–Kier alpha value is -1.95. The molecular formula is C13H18N6. The van der Waals surface area contributed by atoms with E-state index in [9.17, 15) is 0 Å². The molecule has 1 aliphatic rings. The van der Waals surface area contributed by atoms with Crippen LogP contribution in [0.25, 0.3) is 5.69 Å². The molecule has 6 nitrogen and oxygen atoms in total. The van der Waals surface area contributed by atoms with Crippen LogP contribution in [-0.4, -0.2) is 32.3 Å². The minimum atomic E-state index is 0.389. The minimum Gasteiger partial charge on any atom is -0.382 e. The van der Waals surface area contributed by atoms with Crippen molar-refractivity contribution in [3.05, 3.63) is 30.6 Å². The summed E-state index contributed by atoms with van der Waals surface area (Å²) in [6.45, 7) is 0. The van der Waals surface area contributed by atoms with Gasteiger partial charge in [0.05, 0.1) is 5.69 Å². The van der Waals surface area contributed by atoms with Crippen LogP contribution >= 0.6 is 0 Å². The van der Waals surface area contributed by atoms with Gasteiger partial charge in [-0.1, -0.05) is 0 Å². The van der Waals surface area contributed by atoms with Gasteiger partial charge in [-0.05, 0) is 60.4 Å². The third kappa shape index (κ3) is 2.90. The molecule has 1 aromatic heterocycles. The van der Waals surface area contributed by atoms with Gasteiger partial charge in [-0.25, -0.2) is 4.68 Å². The van der Waals surface area contributed by atoms with Crippen LogP contribution in [0.1, 0.15) is 25.7 Å². The monoisotopic (exact) mass is 258 g/mol. The molecule has 0 amide bonds. The Kier molecular flexibility index (Phi) is 3.41. The van der Waals surface area contributed by atoms with Crippen molar-refractivity contribution < 1.29 is 0 Å². The minimum absolute atomic E-state index is 0.389. The molecule has 0 spiro atoms. The van der Waals surface area contributed by atoms with E-state index < -0.39 is 0 Å². The van der Waals surface area contributed by atoms with E-state index in [-0.39, 0.29) is 0 Å². The third-order valence-corrected chi connectivity index (χ3v) is 3.62. The number of nitrogens with one attached hydrogen (secondary N) is 1. The number of anilines is 1. The molecule has 0 bridgehead atoms. The third-order valence-electron chi connectivity index (χ3n) is 3.62. The molecule has 1 saturated carbocycles. The fraction of sp³-hybridized carbons (Fsp3) is 0.462. The summed E-state index contributed by atoms with van der Waals surface area (Å²) >= 11 is 0. The largest absolute Gasteiger partial charge is 0.382 e. The number of hydrogen-bond donors (Lipinski definition) is 2. The number of tetrazole rings is 1. The highest BCUT2D eigenvalue weighted by Crippen LogP contribution is 2.21. The smallest absolute Gasteiger partial charge is 0.143 e. The lowest BCUT2D eigenvalue weighted by Gasteiger charge is -2.27. The Morgan fingerprint density at radius 2 is 1.84 bits per heavy atom. The first kappa shape index (κ1) is 12.1. The zero-order valence-electron chi connectivity index (χ0n) is 10.7. The molecule has 3 N–H and O–H groups in total. The van der Waals surface area contributed by atoms with Gasteiger partial charge in [-0.15, -0.1) is 5.10 Å². The van der Waals surface area contributed by atoms with Gasteiger partial charge in [-0.3, -0.25) is 0 Å². The number of nitrogens with two attached hydrogens (primary N) is 1. The van der Waals surface area contributed by atoms with Crippen LogP contribution in [0, 0.1) is 0 Å². The fourth-order valence-electron chi connectivity index (χ4n) is 2.49. The SMILES string of the molecule is NC1CCC(Nc2ccc(-n3cnnn3)cc2)CC1. The zero-order chi connectivity index (χ0) is 13.1. The lowest BCUT2D eigenvalue weighted by molar-refractivity contribution is 0.411. The van der Waals surface area contributed by atoms with Gasteiger partial charge < -0.3 is 11.1 Å². The van der Waals surface area contributed by atoms with Crippen LogP contribution in [-0.2, 0) is 0 Å². The second-order valence-corrected chi connectivity index (χ2v) is 5.06. The molecule has 0 radical (unpaired) electrons. The molecule has 0 saturated heterocycles. The van der Waals surface area contributed by atoms with Crippen LogP contribution in [0.15, 0.2) is 30.6 Å². The molecule has 1 aromatic carbocycles. The van der Waals surface area contributed by atoms with Gasteiger partial charge in [-0.2, -0.15) is 0 Å². The van der Waals surface area contributed by atoms with E-state index in [1.54, 1.807) is 11.0 Å². The van der Waals surface area contributed by atoms with Crippen molar-refractivity contribution in [3.63, 3.8) is 0 Å². The first-order valence-corrected chi connectivity index (χ1v) is 6.67. The molecular weight excluding hydrogens is 240 g/mol. The van der Waals surface area contributed by atoms with Crippen molar-refractivity contribution in [1.82, 2.24) is 20.2 Å². The molecule has 19 heavy (non-hydrogen) atoms. The van der Waals surface area contributed by atoms with Gasteiger partial charge in [0.25, 0.3) is 0 Å². The molecule has 100 valence electrons. The number of nitrogens with zero attached hydrogens (tertiary/aromatic N) is 4. The number of hydrogen-bond acceptors (Lipinski definition) is 5. The lowest BCUT2D eigenvalue weighted by atomic mass is 9.92. The maximum absolute atomic E-state index is 5.92. The normalized spacial score (nSPS) is 23.2. The van der Waals surface area contributed by atoms with E-state index in [0.717, 1.165) is 37.1 Å². The topological polar surface area (TPSA) is 81.6 Å². The Morgan fingerprint density at radius 1 is 1.11 bits per heavy atom. The van der Waals surface area contributed by atoms with Crippen molar-refractivity contribution in [2.45, 2.75) is 37.8 Å². The van der Waals surface area contributed by atoms with Gasteiger partial charge >= 0.3 is 0 Å². The summed E-state index contributed by atoms with van der Waals surface area (Å²) < 4.78 is 1.64. The molecule has 0 atom stereocenters. The zero-order valence-corrected chi connectivity index (χ0v) is 10.7. The predicted octanol–water partition coefficient (Wildman–Crippen LogP) is 1.34. The Balaban J connectivity index is 1.63. The highest BCUT2D eigenvalue weighted by molar-refractivity contribution is 5.49. The van der Waals surface area contributed by atoms with Crippen molar-refractivity contribution in [3.8, 4) is 5.69 Å². The van der Waals surface area contributed by atoms with E-state index >= 15 is 0 Å². The van der Waals surface area contributed by atoms with Crippen LogP contribution in [0.3, 0.4) is 0 Å². The van der Waals surface area contributed by atoms with Gasteiger partial charge in [0.2, 0.25) is 0 Å². The maximum atomic E-state index is 5.92. The van der Waals surface area contributed by atoms with E-state index in [1.807, 2.05) is 12.1 Å². The molecule has 6 heteroatoms. The average molecular weight is 258 g/mol. The Bertz CT molecular complexity index is 498. The molecule has 0 unspecified atom stereocenters. The molecule has 0 aliphatic heterocycles. The second kappa shape index (κ2) is 5.36. The Labute approximate surface area is 112 Å². The van der Waals surface area contributed by atoms with E-state index in [2.05, 4.69) is 33.0 Å². The summed E-state index contributed by atoms with van der Waals surface area (Å²) in [7, 11) is 0. The molecule has 2 aromatic rings. The first-order chi connectivity index (χ1) is 9.31. The summed E-state index contributed by atoms with van der Waals surface area (Å²) in [5.74, 6) is 0. The number of aromatic nitrogens is 4. The molecule has 1 aliphatic carbocycles. The molecule has 1 fully saturated rings. The summed E-state index contributed by atoms with van der Waals surface area (Å²) in [4.78, 5) is 0. The Morgan fingerprint density at radius 3 is 2.47 bits per heavy atom. The highest BCUT2D eigenvalue weighted by Gasteiger charge is 2.17. The van der Waals surface area contributed by atoms with Gasteiger partial charge in [0.15, 0.2) is 0 Å². The van der Waals surface area contributed by atoms with Crippen LogP contribution in [0.5, 0.6) is 0 Å². The lowest BCUT2D eigenvalue weighted by Crippen LogP contribution is -2.32. The molecule has 1 heterocycles. The summed E-state index contributed by atoms with van der Waals surface area (Å²) in [5, 5.41) is 14.7. The fourth-order valence-corrected chi connectivity index (χ4v) is 2.49. The first-order valence-electron chi connectivity index (χ1n) is 6.67.